The molecular weight excluding hydrogens is 322 g/mol. The average molecular weight is 339 g/mol. The topological polar surface area (TPSA) is 83.5 Å². The summed E-state index contributed by atoms with van der Waals surface area (Å²) in [6, 6.07) is 7.84. The molecule has 1 unspecified atom stereocenters. The average Bonchev–Trinajstić information content (AvgIpc) is 2.90. The number of carboxylic acid groups (broad SMARTS) is 1. The van der Waals surface area contributed by atoms with Gasteiger partial charge in [-0.25, -0.2) is 17.9 Å². The van der Waals surface area contributed by atoms with E-state index < -0.39 is 16.0 Å². The first kappa shape index (κ1) is 16.7. The van der Waals surface area contributed by atoms with Crippen LogP contribution in [-0.2, 0) is 16.4 Å². The van der Waals surface area contributed by atoms with E-state index in [0.29, 0.717) is 6.42 Å². The highest BCUT2D eigenvalue weighted by Crippen LogP contribution is 2.20. The predicted molar refractivity (Wildman–Crippen MR) is 85.9 cm³/mol. The van der Waals surface area contributed by atoms with Gasteiger partial charge in [0.05, 0.1) is 10.5 Å². The number of nitrogens with one attached hydrogen (secondary N) is 1. The monoisotopic (exact) mass is 339 g/mol. The van der Waals surface area contributed by atoms with Crippen molar-refractivity contribution >= 4 is 27.3 Å². The van der Waals surface area contributed by atoms with Crippen LogP contribution < -0.4 is 4.72 Å². The molecule has 118 valence electrons. The van der Waals surface area contributed by atoms with Crippen molar-refractivity contribution in [3.05, 3.63) is 51.7 Å². The summed E-state index contributed by atoms with van der Waals surface area (Å²) in [7, 11) is -3.76. The van der Waals surface area contributed by atoms with Gasteiger partial charge in [-0.15, -0.1) is 11.3 Å². The Morgan fingerprint density at radius 1 is 1.32 bits per heavy atom. The van der Waals surface area contributed by atoms with Crippen molar-refractivity contribution in [3.8, 4) is 0 Å². The van der Waals surface area contributed by atoms with E-state index in [-0.39, 0.29) is 22.1 Å². The van der Waals surface area contributed by atoms with Crippen molar-refractivity contribution in [2.75, 3.05) is 0 Å². The van der Waals surface area contributed by atoms with Crippen molar-refractivity contribution in [3.63, 3.8) is 0 Å². The second-order valence-electron chi connectivity index (χ2n) is 5.04. The van der Waals surface area contributed by atoms with Crippen LogP contribution in [0.25, 0.3) is 0 Å². The summed E-state index contributed by atoms with van der Waals surface area (Å²) in [4.78, 5) is 12.2. The molecule has 22 heavy (non-hydrogen) atoms. The lowest BCUT2D eigenvalue weighted by Crippen LogP contribution is -2.34. The fourth-order valence-corrected chi connectivity index (χ4v) is 4.58. The van der Waals surface area contributed by atoms with Crippen molar-refractivity contribution in [2.24, 2.45) is 0 Å². The molecule has 0 radical (unpaired) electrons. The molecule has 0 saturated carbocycles. The largest absolute Gasteiger partial charge is 0.478 e. The summed E-state index contributed by atoms with van der Waals surface area (Å²) in [6.07, 6.45) is 0.592. The number of benzene rings is 1. The zero-order valence-electron chi connectivity index (χ0n) is 12.2. The van der Waals surface area contributed by atoms with Gasteiger partial charge >= 0.3 is 5.97 Å². The third kappa shape index (κ3) is 3.73. The number of aromatic carboxylic acids is 1. The number of carboxylic acids is 1. The Balaban J connectivity index is 2.23. The van der Waals surface area contributed by atoms with Gasteiger partial charge in [-0.2, -0.15) is 0 Å². The lowest BCUT2D eigenvalue weighted by Gasteiger charge is -2.15. The Morgan fingerprint density at radius 3 is 2.64 bits per heavy atom. The first-order chi connectivity index (χ1) is 10.3. The standard InChI is InChI=1S/C15H17NO4S2/c1-10(9-12-5-4-8-21-12)16-22(19,20)14-7-3-6-13(11(14)2)15(17)18/h3-8,10,16H,9H2,1-2H3,(H,17,18). The highest BCUT2D eigenvalue weighted by atomic mass is 32.2. The molecule has 0 bridgehead atoms. The van der Waals surface area contributed by atoms with Gasteiger partial charge in [-0.1, -0.05) is 12.1 Å². The Hall–Kier alpha value is -1.70. The summed E-state index contributed by atoms with van der Waals surface area (Å²) in [5.74, 6) is -1.14. The molecule has 0 amide bonds. The van der Waals surface area contributed by atoms with Gasteiger partial charge in [0.1, 0.15) is 0 Å². The molecule has 0 fully saturated rings. The highest BCUT2D eigenvalue weighted by Gasteiger charge is 2.22. The zero-order chi connectivity index (χ0) is 16.3. The lowest BCUT2D eigenvalue weighted by atomic mass is 10.1. The minimum atomic E-state index is -3.76. The Kier molecular flexibility index (Phi) is 5.00. The predicted octanol–water partition coefficient (Wildman–Crippen LogP) is 2.66. The third-order valence-corrected chi connectivity index (χ3v) is 5.88. The second kappa shape index (κ2) is 6.60. The molecule has 2 N–H and O–H groups in total. The van der Waals surface area contributed by atoms with E-state index in [1.165, 1.54) is 25.1 Å². The summed E-state index contributed by atoms with van der Waals surface area (Å²) >= 11 is 1.57. The molecule has 0 aliphatic carbocycles. The van der Waals surface area contributed by atoms with Crippen LogP contribution in [-0.4, -0.2) is 25.5 Å². The van der Waals surface area contributed by atoms with Gasteiger partial charge in [0, 0.05) is 10.9 Å². The maximum atomic E-state index is 12.5. The van der Waals surface area contributed by atoms with Gasteiger partial charge in [0.2, 0.25) is 10.0 Å². The van der Waals surface area contributed by atoms with Gasteiger partial charge in [0.25, 0.3) is 0 Å². The molecular formula is C15H17NO4S2. The molecule has 7 heteroatoms. The molecule has 1 atom stereocenters. The van der Waals surface area contributed by atoms with E-state index in [4.69, 9.17) is 5.11 Å². The first-order valence-corrected chi connectivity index (χ1v) is 9.05. The van der Waals surface area contributed by atoms with Crippen LogP contribution in [0.1, 0.15) is 27.7 Å². The molecule has 0 aliphatic rings. The zero-order valence-corrected chi connectivity index (χ0v) is 13.9. The van der Waals surface area contributed by atoms with E-state index >= 15 is 0 Å². The summed E-state index contributed by atoms with van der Waals surface area (Å²) in [5.41, 5.74) is 0.236. The number of carbonyl (C=O) groups is 1. The van der Waals surface area contributed by atoms with Crippen LogP contribution in [0.5, 0.6) is 0 Å². The Labute approximate surface area is 133 Å². The second-order valence-corrected chi connectivity index (χ2v) is 7.75. The summed E-state index contributed by atoms with van der Waals surface area (Å²) in [6.45, 7) is 3.29. The lowest BCUT2D eigenvalue weighted by molar-refractivity contribution is 0.0696. The maximum absolute atomic E-state index is 12.5. The quantitative estimate of drug-likeness (QED) is 0.847. The maximum Gasteiger partial charge on any atom is 0.335 e. The van der Waals surface area contributed by atoms with Crippen molar-refractivity contribution in [1.29, 1.82) is 0 Å². The molecule has 1 aromatic heterocycles. The molecule has 5 nitrogen and oxygen atoms in total. The number of thiophene rings is 1. The molecule has 0 aliphatic heterocycles. The van der Waals surface area contributed by atoms with Crippen LogP contribution in [0.15, 0.2) is 40.6 Å². The van der Waals surface area contributed by atoms with Crippen LogP contribution >= 0.6 is 11.3 Å². The van der Waals surface area contributed by atoms with Crippen LogP contribution in [0.2, 0.25) is 0 Å². The normalized spacial score (nSPS) is 13.0. The smallest absolute Gasteiger partial charge is 0.335 e. The number of rotatable bonds is 6. The highest BCUT2D eigenvalue weighted by molar-refractivity contribution is 7.89. The third-order valence-electron chi connectivity index (χ3n) is 3.25. The molecule has 0 spiro atoms. The van der Waals surface area contributed by atoms with Crippen molar-refractivity contribution in [1.82, 2.24) is 4.72 Å². The molecule has 1 heterocycles. The number of sulfonamides is 1. The van der Waals surface area contributed by atoms with E-state index in [9.17, 15) is 13.2 Å². The number of hydrogen-bond acceptors (Lipinski definition) is 4. The van der Waals surface area contributed by atoms with Crippen molar-refractivity contribution < 1.29 is 18.3 Å². The summed E-state index contributed by atoms with van der Waals surface area (Å²) < 4.78 is 27.5. The minimum Gasteiger partial charge on any atom is -0.478 e. The number of hydrogen-bond donors (Lipinski definition) is 2. The van der Waals surface area contributed by atoms with E-state index in [0.717, 1.165) is 4.88 Å². The van der Waals surface area contributed by atoms with E-state index in [1.54, 1.807) is 18.3 Å². The van der Waals surface area contributed by atoms with Gasteiger partial charge in [0.15, 0.2) is 0 Å². The SMILES string of the molecule is Cc1c(C(=O)O)cccc1S(=O)(=O)NC(C)Cc1cccs1. The Morgan fingerprint density at radius 2 is 2.05 bits per heavy atom. The molecule has 2 aromatic rings. The van der Waals surface area contributed by atoms with Gasteiger partial charge < -0.3 is 5.11 Å². The first-order valence-electron chi connectivity index (χ1n) is 6.69. The van der Waals surface area contributed by atoms with Gasteiger partial charge in [-0.3, -0.25) is 0 Å². The summed E-state index contributed by atoms with van der Waals surface area (Å²) in [5, 5.41) is 11.0. The van der Waals surface area contributed by atoms with Crippen LogP contribution in [0.4, 0.5) is 0 Å². The molecule has 2 rings (SSSR count). The molecule has 1 aromatic carbocycles. The fraction of sp³-hybridized carbons (Fsp3) is 0.267. The van der Waals surface area contributed by atoms with Crippen molar-refractivity contribution in [2.45, 2.75) is 31.2 Å². The van der Waals surface area contributed by atoms with Gasteiger partial charge in [-0.05, 0) is 49.4 Å². The molecule has 0 saturated heterocycles. The van der Waals surface area contributed by atoms with E-state index in [2.05, 4.69) is 4.72 Å². The minimum absolute atomic E-state index is 0.00503. The van der Waals surface area contributed by atoms with Crippen LogP contribution in [0, 0.1) is 6.92 Å². The Bertz CT molecular complexity index is 767. The fourth-order valence-electron chi connectivity index (χ4n) is 2.24. The van der Waals surface area contributed by atoms with Crippen LogP contribution in [0.3, 0.4) is 0 Å². The van der Waals surface area contributed by atoms with E-state index in [1.807, 2.05) is 17.5 Å².